The number of sulfonamides is 1. The van der Waals surface area contributed by atoms with E-state index in [2.05, 4.69) is 0 Å². The highest BCUT2D eigenvalue weighted by Crippen LogP contribution is 2.32. The van der Waals surface area contributed by atoms with Crippen LogP contribution in [0.4, 0.5) is 5.69 Å². The first kappa shape index (κ1) is 24.2. The van der Waals surface area contributed by atoms with E-state index in [1.165, 1.54) is 37.3 Å². The number of carbonyl (C=O) groups excluding carboxylic acids is 2. The zero-order chi connectivity index (χ0) is 25.2. The van der Waals surface area contributed by atoms with Crippen molar-refractivity contribution in [1.82, 2.24) is 0 Å². The number of rotatable bonds is 7. The summed E-state index contributed by atoms with van der Waals surface area (Å²) >= 11 is 0. The number of nitrogens with zero attached hydrogens (tertiary/aromatic N) is 1. The van der Waals surface area contributed by atoms with E-state index >= 15 is 0 Å². The predicted octanol–water partition coefficient (Wildman–Crippen LogP) is 5.94. The van der Waals surface area contributed by atoms with Crippen LogP contribution in [-0.2, 0) is 21.2 Å². The average Bonchev–Trinajstić information content (AvgIpc) is 3.18. The third-order valence-electron chi connectivity index (χ3n) is 5.72. The second kappa shape index (κ2) is 9.72. The minimum Gasteiger partial charge on any atom is -0.461 e. The van der Waals surface area contributed by atoms with Crippen molar-refractivity contribution in [1.29, 1.82) is 0 Å². The number of hydrogen-bond donors (Lipinski definition) is 0. The van der Waals surface area contributed by atoms with E-state index in [4.69, 9.17) is 4.42 Å². The van der Waals surface area contributed by atoms with Crippen molar-refractivity contribution < 1.29 is 22.4 Å². The van der Waals surface area contributed by atoms with Crippen LogP contribution in [0.1, 0.15) is 41.1 Å². The molecule has 0 aliphatic heterocycles. The first-order valence-corrected chi connectivity index (χ1v) is 12.6. The molecular weight excluding hydrogens is 462 g/mol. The Bertz CT molecular complexity index is 1530. The van der Waals surface area contributed by atoms with Crippen molar-refractivity contribution in [3.63, 3.8) is 0 Å². The van der Waals surface area contributed by atoms with Crippen LogP contribution in [0.2, 0.25) is 0 Å². The molecule has 0 aliphatic carbocycles. The molecule has 0 bridgehead atoms. The van der Waals surface area contributed by atoms with Crippen molar-refractivity contribution in [2.24, 2.45) is 0 Å². The molecule has 0 aliphatic rings. The lowest BCUT2D eigenvalue weighted by atomic mass is 10.1. The summed E-state index contributed by atoms with van der Waals surface area (Å²) in [5, 5.41) is 0.453. The standard InChI is InChI=1S/C28H25NO5S/c1-4-21-10-14-24(15-11-21)35(32,33)29(27(31)17-12-22-8-6-5-7-9-22)23-13-16-26-25(18-23)28(19(2)30)20(3)34-26/h5-18H,4H2,1-3H3/b17-12+. The first-order valence-electron chi connectivity index (χ1n) is 11.2. The maximum Gasteiger partial charge on any atom is 0.271 e. The van der Waals surface area contributed by atoms with Crippen molar-refractivity contribution in [3.8, 4) is 0 Å². The molecule has 1 aromatic heterocycles. The number of fused-ring (bicyclic) bond motifs is 1. The quantitative estimate of drug-likeness (QED) is 0.238. The first-order chi connectivity index (χ1) is 16.7. The maximum absolute atomic E-state index is 13.7. The molecule has 0 N–H and O–H groups in total. The molecule has 0 radical (unpaired) electrons. The van der Waals surface area contributed by atoms with E-state index in [0.29, 0.717) is 22.3 Å². The number of hydrogen-bond acceptors (Lipinski definition) is 5. The molecule has 0 unspecified atom stereocenters. The number of benzene rings is 3. The maximum atomic E-state index is 13.7. The molecule has 1 heterocycles. The smallest absolute Gasteiger partial charge is 0.271 e. The summed E-state index contributed by atoms with van der Waals surface area (Å²) in [4.78, 5) is 25.6. The fourth-order valence-corrected chi connectivity index (χ4v) is 5.34. The number of ketones is 1. The molecule has 0 saturated heterocycles. The van der Waals surface area contributed by atoms with Gasteiger partial charge in [-0.3, -0.25) is 9.59 Å². The Balaban J connectivity index is 1.87. The SMILES string of the molecule is CCc1ccc(S(=O)(=O)N(C(=O)/C=C/c2ccccc2)c2ccc3oc(C)c(C(C)=O)c3c2)cc1. The van der Waals surface area contributed by atoms with Gasteiger partial charge in [-0.15, -0.1) is 0 Å². The molecule has 1 amide bonds. The molecule has 3 aromatic carbocycles. The molecular formula is C28H25NO5S. The predicted molar refractivity (Wildman–Crippen MR) is 137 cm³/mol. The van der Waals surface area contributed by atoms with E-state index < -0.39 is 15.9 Å². The molecule has 0 fully saturated rings. The average molecular weight is 488 g/mol. The summed E-state index contributed by atoms with van der Waals surface area (Å²) in [5.74, 6) is -0.514. The number of furan rings is 1. The van der Waals surface area contributed by atoms with E-state index in [1.807, 2.05) is 37.3 Å². The van der Waals surface area contributed by atoms with Crippen molar-refractivity contribution in [2.45, 2.75) is 32.1 Å². The highest BCUT2D eigenvalue weighted by molar-refractivity contribution is 7.93. The van der Waals surface area contributed by atoms with E-state index in [0.717, 1.165) is 21.9 Å². The molecule has 0 saturated carbocycles. The zero-order valence-corrected chi connectivity index (χ0v) is 20.5. The lowest BCUT2D eigenvalue weighted by molar-refractivity contribution is -0.113. The lowest BCUT2D eigenvalue weighted by Crippen LogP contribution is -2.35. The summed E-state index contributed by atoms with van der Waals surface area (Å²) in [6, 6.07) is 20.2. The third-order valence-corrected chi connectivity index (χ3v) is 7.46. The van der Waals surface area contributed by atoms with E-state index in [9.17, 15) is 18.0 Å². The van der Waals surface area contributed by atoms with Crippen LogP contribution in [-0.4, -0.2) is 20.1 Å². The van der Waals surface area contributed by atoms with Crippen LogP contribution in [0.5, 0.6) is 0 Å². The number of Topliss-reactive ketones (excluding diaryl/α,β-unsaturated/α-hetero) is 1. The van der Waals surface area contributed by atoms with Crippen molar-refractivity contribution in [2.75, 3.05) is 4.31 Å². The van der Waals surface area contributed by atoms with Gasteiger partial charge >= 0.3 is 0 Å². The summed E-state index contributed by atoms with van der Waals surface area (Å²) in [7, 11) is -4.26. The van der Waals surface area contributed by atoms with Crippen LogP contribution >= 0.6 is 0 Å². The molecule has 0 spiro atoms. The normalized spacial score (nSPS) is 11.7. The fourth-order valence-electron chi connectivity index (χ4n) is 3.96. The highest BCUT2D eigenvalue weighted by Gasteiger charge is 2.30. The van der Waals surface area contributed by atoms with Gasteiger partial charge < -0.3 is 4.42 Å². The van der Waals surface area contributed by atoms with Gasteiger partial charge in [-0.05, 0) is 67.8 Å². The number of carbonyl (C=O) groups is 2. The molecule has 0 atom stereocenters. The van der Waals surface area contributed by atoms with Gasteiger partial charge in [0, 0.05) is 11.5 Å². The van der Waals surface area contributed by atoms with Gasteiger partial charge in [-0.25, -0.2) is 8.42 Å². The van der Waals surface area contributed by atoms with Gasteiger partial charge in [0.15, 0.2) is 5.78 Å². The summed E-state index contributed by atoms with van der Waals surface area (Å²) in [6.07, 6.45) is 3.55. The lowest BCUT2D eigenvalue weighted by Gasteiger charge is -2.21. The number of amides is 1. The fraction of sp³-hybridized carbons (Fsp3) is 0.143. The Labute approximate surface area is 204 Å². The minimum atomic E-state index is -4.26. The van der Waals surface area contributed by atoms with Crippen LogP contribution in [0.15, 0.2) is 88.2 Å². The van der Waals surface area contributed by atoms with Crippen LogP contribution < -0.4 is 4.31 Å². The summed E-state index contributed by atoms with van der Waals surface area (Å²) in [5.41, 5.74) is 2.65. The topological polar surface area (TPSA) is 84.7 Å². The van der Waals surface area contributed by atoms with Gasteiger partial charge in [0.05, 0.1) is 16.1 Å². The van der Waals surface area contributed by atoms with Crippen molar-refractivity contribution >= 4 is 44.4 Å². The summed E-state index contributed by atoms with van der Waals surface area (Å²) < 4.78 is 33.9. The Morgan fingerprint density at radius 1 is 0.971 bits per heavy atom. The molecule has 4 aromatic rings. The van der Waals surface area contributed by atoms with Crippen LogP contribution in [0.25, 0.3) is 17.0 Å². The molecule has 178 valence electrons. The van der Waals surface area contributed by atoms with Gasteiger partial charge in [0.25, 0.3) is 15.9 Å². The second-order valence-corrected chi connectivity index (χ2v) is 9.91. The number of anilines is 1. The van der Waals surface area contributed by atoms with E-state index in [-0.39, 0.29) is 16.4 Å². The zero-order valence-electron chi connectivity index (χ0n) is 19.7. The highest BCUT2D eigenvalue weighted by atomic mass is 32.2. The number of aryl methyl sites for hydroxylation is 2. The van der Waals surface area contributed by atoms with Crippen molar-refractivity contribution in [3.05, 3.63) is 101 Å². The summed E-state index contributed by atoms with van der Waals surface area (Å²) in [6.45, 7) is 5.07. The Morgan fingerprint density at radius 2 is 1.66 bits per heavy atom. The second-order valence-electron chi connectivity index (χ2n) is 8.12. The molecule has 4 rings (SSSR count). The molecule has 7 heteroatoms. The van der Waals surface area contributed by atoms with Gasteiger partial charge in [0.1, 0.15) is 11.3 Å². The minimum absolute atomic E-state index is 0.00794. The van der Waals surface area contributed by atoms with Gasteiger partial charge in [0.2, 0.25) is 0 Å². The van der Waals surface area contributed by atoms with E-state index in [1.54, 1.807) is 31.2 Å². The Hall–Kier alpha value is -3.97. The Morgan fingerprint density at radius 3 is 2.29 bits per heavy atom. The Kier molecular flexibility index (Phi) is 6.71. The van der Waals surface area contributed by atoms with Crippen LogP contribution in [0, 0.1) is 6.92 Å². The van der Waals surface area contributed by atoms with Gasteiger partial charge in [-0.1, -0.05) is 49.4 Å². The third kappa shape index (κ3) is 4.81. The monoisotopic (exact) mass is 487 g/mol. The largest absolute Gasteiger partial charge is 0.461 e. The van der Waals surface area contributed by atoms with Crippen LogP contribution in [0.3, 0.4) is 0 Å². The molecule has 6 nitrogen and oxygen atoms in total. The van der Waals surface area contributed by atoms with Gasteiger partial charge in [-0.2, -0.15) is 4.31 Å². The molecule has 35 heavy (non-hydrogen) atoms.